The van der Waals surface area contributed by atoms with Gasteiger partial charge in [0.2, 0.25) is 0 Å². The van der Waals surface area contributed by atoms with Gasteiger partial charge in [-0.3, -0.25) is 9.59 Å². The summed E-state index contributed by atoms with van der Waals surface area (Å²) >= 11 is 3.13. The van der Waals surface area contributed by atoms with Crippen molar-refractivity contribution in [3.8, 4) is 0 Å². The number of ether oxygens (including phenoxy) is 2. The number of hydrogen-bond donors (Lipinski definition) is 0. The highest BCUT2D eigenvalue weighted by Crippen LogP contribution is 2.24. The first-order chi connectivity index (χ1) is 8.40. The Hall–Kier alpha value is -1.43. The molecular formula is C12H12BrFO4. The fraction of sp³-hybridized carbons (Fsp3) is 0.333. The highest BCUT2D eigenvalue weighted by atomic mass is 79.9. The van der Waals surface area contributed by atoms with Gasteiger partial charge in [0.25, 0.3) is 0 Å². The van der Waals surface area contributed by atoms with E-state index in [4.69, 9.17) is 9.47 Å². The Kier molecular flexibility index (Phi) is 5.27. The van der Waals surface area contributed by atoms with Gasteiger partial charge in [-0.05, 0) is 12.1 Å². The minimum Gasteiger partial charge on any atom is -0.462 e. The van der Waals surface area contributed by atoms with E-state index in [2.05, 4.69) is 15.9 Å². The second-order valence-electron chi connectivity index (χ2n) is 3.57. The molecule has 1 atom stereocenters. The number of rotatable bonds is 4. The van der Waals surface area contributed by atoms with Gasteiger partial charge in [-0.1, -0.05) is 22.0 Å². The fourth-order valence-corrected chi connectivity index (χ4v) is 1.68. The first kappa shape index (κ1) is 14.6. The zero-order chi connectivity index (χ0) is 13.7. The summed E-state index contributed by atoms with van der Waals surface area (Å²) in [6, 6.07) is 4.33. The first-order valence-electron chi connectivity index (χ1n) is 5.15. The van der Waals surface area contributed by atoms with E-state index < -0.39 is 23.9 Å². The van der Waals surface area contributed by atoms with Crippen molar-refractivity contribution >= 4 is 27.9 Å². The van der Waals surface area contributed by atoms with E-state index in [1.165, 1.54) is 26.0 Å². The van der Waals surface area contributed by atoms with Crippen LogP contribution in [0.5, 0.6) is 0 Å². The van der Waals surface area contributed by atoms with Crippen LogP contribution in [0.3, 0.4) is 0 Å². The number of esters is 2. The van der Waals surface area contributed by atoms with Crippen molar-refractivity contribution in [1.29, 1.82) is 0 Å². The van der Waals surface area contributed by atoms with Crippen LogP contribution in [0.25, 0.3) is 0 Å². The van der Waals surface area contributed by atoms with Crippen LogP contribution < -0.4 is 0 Å². The summed E-state index contributed by atoms with van der Waals surface area (Å²) in [4.78, 5) is 21.7. The lowest BCUT2D eigenvalue weighted by atomic mass is 10.1. The Balaban J connectivity index is 2.93. The van der Waals surface area contributed by atoms with Crippen molar-refractivity contribution < 1.29 is 23.5 Å². The van der Waals surface area contributed by atoms with E-state index >= 15 is 0 Å². The monoisotopic (exact) mass is 318 g/mol. The highest BCUT2D eigenvalue weighted by molar-refractivity contribution is 9.10. The second kappa shape index (κ2) is 6.49. The molecular weight excluding hydrogens is 307 g/mol. The van der Waals surface area contributed by atoms with Crippen LogP contribution in [-0.4, -0.2) is 18.5 Å². The summed E-state index contributed by atoms with van der Waals surface area (Å²) in [6.07, 6.45) is -0.945. The number of carbonyl (C=O) groups excluding carboxylic acids is 2. The Bertz CT molecular complexity index is 461. The molecule has 0 amide bonds. The zero-order valence-corrected chi connectivity index (χ0v) is 11.5. The summed E-state index contributed by atoms with van der Waals surface area (Å²) in [5.41, 5.74) is 0.162. The van der Waals surface area contributed by atoms with Gasteiger partial charge in [-0.25, -0.2) is 4.39 Å². The van der Waals surface area contributed by atoms with E-state index in [0.29, 0.717) is 4.47 Å². The predicted octanol–water partition coefficient (Wildman–Crippen LogP) is 2.76. The van der Waals surface area contributed by atoms with Crippen molar-refractivity contribution in [3.63, 3.8) is 0 Å². The molecule has 98 valence electrons. The third-order valence-electron chi connectivity index (χ3n) is 2.06. The molecule has 0 spiro atoms. The van der Waals surface area contributed by atoms with Gasteiger partial charge >= 0.3 is 11.9 Å². The molecule has 0 bridgehead atoms. The molecule has 0 saturated heterocycles. The van der Waals surface area contributed by atoms with E-state index in [-0.39, 0.29) is 12.2 Å². The first-order valence-corrected chi connectivity index (χ1v) is 5.95. The smallest absolute Gasteiger partial charge is 0.303 e. The minimum atomic E-state index is -0.945. The van der Waals surface area contributed by atoms with Gasteiger partial charge in [0, 0.05) is 23.9 Å². The van der Waals surface area contributed by atoms with E-state index in [1.807, 2.05) is 0 Å². The lowest BCUT2D eigenvalue weighted by Gasteiger charge is -2.17. The van der Waals surface area contributed by atoms with Crippen molar-refractivity contribution in [1.82, 2.24) is 0 Å². The number of benzene rings is 1. The molecule has 1 rings (SSSR count). The maximum absolute atomic E-state index is 13.7. The lowest BCUT2D eigenvalue weighted by Crippen LogP contribution is -2.17. The third kappa shape index (κ3) is 4.44. The molecule has 1 aromatic carbocycles. The third-order valence-corrected chi connectivity index (χ3v) is 2.55. The van der Waals surface area contributed by atoms with Crippen molar-refractivity contribution in [2.24, 2.45) is 0 Å². The normalized spacial score (nSPS) is 11.8. The summed E-state index contributed by atoms with van der Waals surface area (Å²) in [5, 5.41) is 0. The Morgan fingerprint density at radius 1 is 1.33 bits per heavy atom. The van der Waals surface area contributed by atoms with E-state index in [1.54, 1.807) is 6.07 Å². The molecule has 0 aliphatic carbocycles. The quantitative estimate of drug-likeness (QED) is 0.801. The SMILES string of the molecule is CC(=O)OC[C@@H](OC(C)=O)c1ccc(Br)cc1F. The average Bonchev–Trinajstić information content (AvgIpc) is 2.24. The van der Waals surface area contributed by atoms with Crippen LogP contribution in [0.15, 0.2) is 22.7 Å². The predicted molar refractivity (Wildman–Crippen MR) is 65.2 cm³/mol. The fourth-order valence-electron chi connectivity index (χ4n) is 1.34. The lowest BCUT2D eigenvalue weighted by molar-refractivity contribution is -0.156. The molecule has 0 radical (unpaired) electrons. The highest BCUT2D eigenvalue weighted by Gasteiger charge is 2.20. The molecule has 0 N–H and O–H groups in total. The van der Waals surface area contributed by atoms with Gasteiger partial charge in [0.15, 0.2) is 6.10 Å². The van der Waals surface area contributed by atoms with Gasteiger partial charge in [0.05, 0.1) is 0 Å². The summed E-state index contributed by atoms with van der Waals surface area (Å²) in [7, 11) is 0. The van der Waals surface area contributed by atoms with Gasteiger partial charge in [-0.2, -0.15) is 0 Å². The van der Waals surface area contributed by atoms with Gasteiger partial charge in [0.1, 0.15) is 12.4 Å². The van der Waals surface area contributed by atoms with E-state index in [9.17, 15) is 14.0 Å². The maximum Gasteiger partial charge on any atom is 0.303 e. The number of halogens is 2. The van der Waals surface area contributed by atoms with Crippen LogP contribution in [-0.2, 0) is 19.1 Å². The zero-order valence-electron chi connectivity index (χ0n) is 9.91. The number of carbonyl (C=O) groups is 2. The summed E-state index contributed by atoms with van der Waals surface area (Å²) in [5.74, 6) is -1.64. The molecule has 18 heavy (non-hydrogen) atoms. The van der Waals surface area contributed by atoms with Crippen LogP contribution >= 0.6 is 15.9 Å². The Morgan fingerprint density at radius 2 is 2.00 bits per heavy atom. The van der Waals surface area contributed by atoms with Crippen molar-refractivity contribution in [2.75, 3.05) is 6.61 Å². The molecule has 0 saturated carbocycles. The standard InChI is InChI=1S/C12H12BrFO4/c1-7(15)17-6-12(18-8(2)16)10-4-3-9(13)5-11(10)14/h3-5,12H,6H2,1-2H3/t12-/m1/s1. The largest absolute Gasteiger partial charge is 0.462 e. The summed E-state index contributed by atoms with van der Waals surface area (Å²) < 4.78 is 24.0. The molecule has 0 unspecified atom stereocenters. The average molecular weight is 319 g/mol. The van der Waals surface area contributed by atoms with E-state index in [0.717, 1.165) is 0 Å². The summed E-state index contributed by atoms with van der Waals surface area (Å²) in [6.45, 7) is 2.22. The van der Waals surface area contributed by atoms with Crippen LogP contribution in [0, 0.1) is 5.82 Å². The van der Waals surface area contributed by atoms with Crippen LogP contribution in [0.4, 0.5) is 4.39 Å². The molecule has 0 heterocycles. The maximum atomic E-state index is 13.7. The van der Waals surface area contributed by atoms with Crippen LogP contribution in [0.2, 0.25) is 0 Å². The topological polar surface area (TPSA) is 52.6 Å². The second-order valence-corrected chi connectivity index (χ2v) is 4.48. The molecule has 0 aromatic heterocycles. The molecule has 0 fully saturated rings. The molecule has 0 aliphatic heterocycles. The molecule has 6 heteroatoms. The molecule has 4 nitrogen and oxygen atoms in total. The van der Waals surface area contributed by atoms with Gasteiger partial charge in [-0.15, -0.1) is 0 Å². The Labute approximate surface area is 112 Å². The molecule has 1 aromatic rings. The van der Waals surface area contributed by atoms with Gasteiger partial charge < -0.3 is 9.47 Å². The van der Waals surface area contributed by atoms with Crippen LogP contribution in [0.1, 0.15) is 25.5 Å². The van der Waals surface area contributed by atoms with Crippen molar-refractivity contribution in [2.45, 2.75) is 20.0 Å². The Morgan fingerprint density at radius 3 is 2.50 bits per heavy atom. The van der Waals surface area contributed by atoms with Crippen molar-refractivity contribution in [3.05, 3.63) is 34.1 Å². The molecule has 0 aliphatic rings. The minimum absolute atomic E-state index is 0.162. The number of hydrogen-bond acceptors (Lipinski definition) is 4.